The maximum Gasteiger partial charge on any atom is 0.435 e. The van der Waals surface area contributed by atoms with Gasteiger partial charge in [0.05, 0.1) is 12.2 Å². The summed E-state index contributed by atoms with van der Waals surface area (Å²) in [5.41, 5.74) is 1.06. The van der Waals surface area contributed by atoms with Crippen LogP contribution in [0, 0.1) is 0 Å². The van der Waals surface area contributed by atoms with Crippen molar-refractivity contribution in [2.75, 3.05) is 0 Å². The first kappa shape index (κ1) is 15.6. The molecule has 0 aliphatic heterocycles. The van der Waals surface area contributed by atoms with Gasteiger partial charge in [0.15, 0.2) is 5.69 Å². The normalized spacial score (nSPS) is 17.8. The number of carbonyl (C=O) groups is 1. The summed E-state index contributed by atoms with van der Waals surface area (Å²) in [5.74, 6) is -0.372. The number of alkyl halides is 3. The zero-order valence-corrected chi connectivity index (χ0v) is 12.5. The van der Waals surface area contributed by atoms with Crippen LogP contribution in [0.1, 0.15) is 35.8 Å². The van der Waals surface area contributed by atoms with Crippen LogP contribution in [0.15, 0.2) is 18.5 Å². The monoisotopic (exact) mass is 327 g/mol. The van der Waals surface area contributed by atoms with E-state index >= 15 is 0 Å². The van der Waals surface area contributed by atoms with Gasteiger partial charge in [0.1, 0.15) is 6.54 Å². The molecule has 0 bridgehead atoms. The molecule has 0 spiro atoms. The lowest BCUT2D eigenvalue weighted by Crippen LogP contribution is -2.33. The van der Waals surface area contributed by atoms with Crippen molar-refractivity contribution >= 4 is 5.91 Å². The van der Waals surface area contributed by atoms with Gasteiger partial charge in [-0.3, -0.25) is 14.2 Å². The van der Waals surface area contributed by atoms with Crippen molar-refractivity contribution in [3.63, 3.8) is 0 Å². The summed E-state index contributed by atoms with van der Waals surface area (Å²) >= 11 is 0. The predicted octanol–water partition coefficient (Wildman–Crippen LogP) is 1.83. The van der Waals surface area contributed by atoms with E-state index in [1.54, 1.807) is 10.9 Å². The summed E-state index contributed by atoms with van der Waals surface area (Å²) < 4.78 is 40.3. The van der Waals surface area contributed by atoms with Crippen molar-refractivity contribution in [2.24, 2.45) is 7.05 Å². The van der Waals surface area contributed by atoms with E-state index in [4.69, 9.17) is 0 Å². The summed E-state index contributed by atoms with van der Waals surface area (Å²) in [5, 5.41) is 10.4. The summed E-state index contributed by atoms with van der Waals surface area (Å²) in [6.45, 7) is -0.248. The summed E-state index contributed by atoms with van der Waals surface area (Å²) in [6.07, 6.45) is 1.00. The quantitative estimate of drug-likeness (QED) is 0.935. The first-order valence-electron chi connectivity index (χ1n) is 7.25. The van der Waals surface area contributed by atoms with E-state index in [2.05, 4.69) is 15.5 Å². The van der Waals surface area contributed by atoms with Gasteiger partial charge >= 0.3 is 6.18 Å². The minimum absolute atomic E-state index is 0.155. The first-order valence-corrected chi connectivity index (χ1v) is 7.25. The fraction of sp³-hybridized carbons (Fsp3) is 0.500. The third-order valence-electron chi connectivity index (χ3n) is 3.95. The van der Waals surface area contributed by atoms with Crippen LogP contribution < -0.4 is 5.32 Å². The number of nitrogens with zero attached hydrogens (tertiary/aromatic N) is 4. The van der Waals surface area contributed by atoms with Crippen LogP contribution in [0.3, 0.4) is 0 Å². The third kappa shape index (κ3) is 3.22. The Morgan fingerprint density at radius 2 is 2.26 bits per heavy atom. The smallest absolute Gasteiger partial charge is 0.348 e. The van der Waals surface area contributed by atoms with Crippen LogP contribution >= 0.6 is 0 Å². The van der Waals surface area contributed by atoms with Crippen LogP contribution in [0.2, 0.25) is 0 Å². The van der Waals surface area contributed by atoms with Gasteiger partial charge in [-0.2, -0.15) is 23.4 Å². The van der Waals surface area contributed by atoms with Crippen molar-refractivity contribution in [2.45, 2.75) is 38.0 Å². The molecule has 3 rings (SSSR count). The third-order valence-corrected chi connectivity index (χ3v) is 3.95. The fourth-order valence-electron chi connectivity index (χ4n) is 2.84. The van der Waals surface area contributed by atoms with Crippen molar-refractivity contribution in [3.05, 3.63) is 35.4 Å². The van der Waals surface area contributed by atoms with Crippen molar-refractivity contribution in [3.8, 4) is 0 Å². The van der Waals surface area contributed by atoms with Gasteiger partial charge in [-0.25, -0.2) is 0 Å². The first-order chi connectivity index (χ1) is 10.8. The molecule has 2 heterocycles. The Morgan fingerprint density at radius 1 is 1.48 bits per heavy atom. The number of amides is 1. The highest BCUT2D eigenvalue weighted by Gasteiger charge is 2.33. The molecule has 2 aromatic rings. The fourth-order valence-corrected chi connectivity index (χ4v) is 2.84. The highest BCUT2D eigenvalue weighted by molar-refractivity contribution is 5.76. The van der Waals surface area contributed by atoms with Crippen molar-refractivity contribution < 1.29 is 18.0 Å². The number of hydrogen-bond acceptors (Lipinski definition) is 3. The van der Waals surface area contributed by atoms with Crippen LogP contribution in [0.5, 0.6) is 0 Å². The van der Waals surface area contributed by atoms with Crippen LogP contribution in [0.25, 0.3) is 0 Å². The van der Waals surface area contributed by atoms with Gasteiger partial charge in [0, 0.05) is 24.5 Å². The lowest BCUT2D eigenvalue weighted by atomic mass is 9.93. The zero-order chi connectivity index (χ0) is 16.6. The summed E-state index contributed by atoms with van der Waals surface area (Å²) in [7, 11) is 1.85. The molecule has 9 heteroatoms. The topological polar surface area (TPSA) is 64.7 Å². The minimum atomic E-state index is -4.50. The van der Waals surface area contributed by atoms with Gasteiger partial charge in [-0.15, -0.1) is 0 Å². The van der Waals surface area contributed by atoms with Gasteiger partial charge in [-0.05, 0) is 25.3 Å². The van der Waals surface area contributed by atoms with E-state index in [1.165, 1.54) is 0 Å². The summed E-state index contributed by atoms with van der Waals surface area (Å²) in [4.78, 5) is 12.1. The number of halogens is 3. The molecule has 0 saturated carbocycles. The number of aromatic nitrogens is 4. The van der Waals surface area contributed by atoms with E-state index in [9.17, 15) is 18.0 Å². The molecule has 1 atom stereocenters. The molecule has 6 nitrogen and oxygen atoms in total. The Bertz CT molecular complexity index is 718. The predicted molar refractivity (Wildman–Crippen MR) is 74.3 cm³/mol. The van der Waals surface area contributed by atoms with E-state index < -0.39 is 11.9 Å². The maximum atomic E-state index is 12.5. The standard InChI is InChI=1S/C14H16F3N5O/c1-21-11-4-2-3-10(9(11)7-18-21)19-13(23)8-22-6-5-12(20-22)14(15,16)17/h5-7,10H,2-4,8H2,1H3,(H,19,23). The zero-order valence-electron chi connectivity index (χ0n) is 12.5. The Labute approximate surface area is 130 Å². The lowest BCUT2D eigenvalue weighted by molar-refractivity contribution is -0.141. The SMILES string of the molecule is Cn1ncc2c1CCCC2NC(=O)Cn1ccc(C(F)(F)F)n1. The number of carbonyl (C=O) groups excluding carboxylic acids is 1. The Morgan fingerprint density at radius 3 is 2.96 bits per heavy atom. The van der Waals surface area contributed by atoms with Crippen LogP contribution in [-0.2, 0) is 31.0 Å². The minimum Gasteiger partial charge on any atom is -0.348 e. The molecule has 0 radical (unpaired) electrons. The van der Waals surface area contributed by atoms with Gasteiger partial charge < -0.3 is 5.32 Å². The average Bonchev–Trinajstić information content (AvgIpc) is 3.07. The lowest BCUT2D eigenvalue weighted by Gasteiger charge is -2.23. The number of rotatable bonds is 3. The van der Waals surface area contributed by atoms with Crippen molar-refractivity contribution in [1.29, 1.82) is 0 Å². The van der Waals surface area contributed by atoms with Crippen molar-refractivity contribution in [1.82, 2.24) is 24.9 Å². The number of fused-ring (bicyclic) bond motifs is 1. The molecule has 124 valence electrons. The molecule has 0 saturated heterocycles. The second kappa shape index (κ2) is 5.71. The van der Waals surface area contributed by atoms with E-state index in [0.29, 0.717) is 0 Å². The maximum absolute atomic E-state index is 12.5. The van der Waals surface area contributed by atoms with Crippen LogP contribution in [-0.4, -0.2) is 25.5 Å². The molecule has 23 heavy (non-hydrogen) atoms. The molecule has 1 unspecified atom stereocenters. The Hall–Kier alpha value is -2.32. The summed E-state index contributed by atoms with van der Waals surface area (Å²) in [6, 6.07) is 0.699. The number of hydrogen-bond donors (Lipinski definition) is 1. The molecular weight excluding hydrogens is 311 g/mol. The molecule has 1 aliphatic rings. The number of nitrogens with one attached hydrogen (secondary N) is 1. The Balaban J connectivity index is 1.65. The number of aryl methyl sites for hydroxylation is 1. The van der Waals surface area contributed by atoms with Gasteiger partial charge in [0.25, 0.3) is 0 Å². The molecule has 0 aromatic carbocycles. The van der Waals surface area contributed by atoms with Gasteiger partial charge in [-0.1, -0.05) is 0 Å². The van der Waals surface area contributed by atoms with Gasteiger partial charge in [0.2, 0.25) is 5.91 Å². The molecule has 0 fully saturated rings. The van der Waals surface area contributed by atoms with E-state index in [1.807, 2.05) is 7.05 Å². The molecule has 1 N–H and O–H groups in total. The largest absolute Gasteiger partial charge is 0.435 e. The highest BCUT2D eigenvalue weighted by atomic mass is 19.4. The molecule has 2 aromatic heterocycles. The second-order valence-corrected chi connectivity index (χ2v) is 5.58. The second-order valence-electron chi connectivity index (χ2n) is 5.58. The Kier molecular flexibility index (Phi) is 3.87. The van der Waals surface area contributed by atoms with E-state index in [0.717, 1.165) is 47.5 Å². The molecular formula is C14H16F3N5O. The molecule has 1 aliphatic carbocycles. The van der Waals surface area contributed by atoms with E-state index in [-0.39, 0.29) is 18.5 Å². The molecule has 1 amide bonds. The average molecular weight is 327 g/mol. The highest BCUT2D eigenvalue weighted by Crippen LogP contribution is 2.29. The van der Waals surface area contributed by atoms with Crippen LogP contribution in [0.4, 0.5) is 13.2 Å².